The first-order chi connectivity index (χ1) is 13.8. The lowest BCUT2D eigenvalue weighted by Gasteiger charge is -1.99. The van der Waals surface area contributed by atoms with Crippen LogP contribution in [0.1, 0.15) is 11.4 Å². The summed E-state index contributed by atoms with van der Waals surface area (Å²) in [6.07, 6.45) is 1.82. The van der Waals surface area contributed by atoms with E-state index in [1.807, 2.05) is 78.9 Å². The van der Waals surface area contributed by atoms with Gasteiger partial charge in [-0.25, -0.2) is 4.98 Å². The number of H-pyrrole nitrogens is 1. The molecular weight excluding hydrogens is 348 g/mol. The summed E-state index contributed by atoms with van der Waals surface area (Å²) in [4.78, 5) is 7.72. The van der Waals surface area contributed by atoms with Crippen LogP contribution in [-0.2, 0) is 0 Å². The molecule has 0 aliphatic carbocycles. The number of aromatic nitrogens is 3. The Balaban J connectivity index is 1.61. The highest BCUT2D eigenvalue weighted by Crippen LogP contribution is 2.30. The van der Waals surface area contributed by atoms with Crippen LogP contribution >= 0.6 is 0 Å². The zero-order valence-corrected chi connectivity index (χ0v) is 14.8. The van der Waals surface area contributed by atoms with E-state index in [9.17, 15) is 5.26 Å². The molecule has 0 amide bonds. The lowest BCUT2D eigenvalue weighted by Crippen LogP contribution is -1.85. The van der Waals surface area contributed by atoms with Crippen LogP contribution in [-0.4, -0.2) is 15.1 Å². The number of rotatable bonds is 3. The molecule has 0 spiro atoms. The molecule has 5 heteroatoms. The predicted molar refractivity (Wildman–Crippen MR) is 109 cm³/mol. The molecular formula is C23H14N4O. The largest absolute Gasteiger partial charge is 0.355 e. The van der Waals surface area contributed by atoms with Crippen molar-refractivity contribution in [3.63, 3.8) is 0 Å². The van der Waals surface area contributed by atoms with E-state index in [2.05, 4.69) is 21.2 Å². The number of hydrogen-bond acceptors (Lipinski definition) is 4. The summed E-state index contributed by atoms with van der Waals surface area (Å²) in [6, 6.07) is 25.6. The standard InChI is InChI=1S/C23H14N4O/c24-14-17(23-25-20-8-4-5-9-21(20)26-23)12-15-10-11-19-18(13-15)22(28-27-19)16-6-2-1-3-7-16/h1-13H,(H,25,26). The number of aromatic amines is 1. The molecule has 0 saturated heterocycles. The molecule has 2 aromatic heterocycles. The van der Waals surface area contributed by atoms with Gasteiger partial charge in [-0.2, -0.15) is 5.26 Å². The highest BCUT2D eigenvalue weighted by molar-refractivity contribution is 5.96. The van der Waals surface area contributed by atoms with E-state index in [1.165, 1.54) is 0 Å². The quantitative estimate of drug-likeness (QED) is 0.434. The van der Waals surface area contributed by atoms with Gasteiger partial charge < -0.3 is 9.51 Å². The van der Waals surface area contributed by atoms with Crippen molar-refractivity contribution >= 4 is 33.6 Å². The van der Waals surface area contributed by atoms with Gasteiger partial charge >= 0.3 is 0 Å². The highest BCUT2D eigenvalue weighted by atomic mass is 16.5. The first kappa shape index (κ1) is 16.0. The van der Waals surface area contributed by atoms with Gasteiger partial charge in [0.25, 0.3) is 0 Å². The van der Waals surface area contributed by atoms with Gasteiger partial charge in [0.15, 0.2) is 5.76 Å². The van der Waals surface area contributed by atoms with E-state index in [0.717, 1.165) is 33.1 Å². The third-order valence-corrected chi connectivity index (χ3v) is 4.61. The van der Waals surface area contributed by atoms with Crippen molar-refractivity contribution in [2.24, 2.45) is 0 Å². The molecule has 5 nitrogen and oxygen atoms in total. The zero-order valence-electron chi connectivity index (χ0n) is 14.8. The molecule has 2 heterocycles. The number of nitrogens with one attached hydrogen (secondary N) is 1. The Morgan fingerprint density at radius 3 is 2.61 bits per heavy atom. The average Bonchev–Trinajstić information content (AvgIpc) is 3.36. The minimum absolute atomic E-state index is 0.466. The Hall–Kier alpha value is -4.17. The maximum atomic E-state index is 9.66. The summed E-state index contributed by atoms with van der Waals surface area (Å²) in [6.45, 7) is 0. The van der Waals surface area contributed by atoms with E-state index in [0.29, 0.717) is 17.2 Å². The van der Waals surface area contributed by atoms with Crippen LogP contribution in [0.5, 0.6) is 0 Å². The Kier molecular flexibility index (Phi) is 3.74. The second kappa shape index (κ2) is 6.53. The summed E-state index contributed by atoms with van der Waals surface area (Å²) in [5.74, 6) is 1.27. The van der Waals surface area contributed by atoms with Crippen molar-refractivity contribution in [2.45, 2.75) is 0 Å². The van der Waals surface area contributed by atoms with Crippen LogP contribution in [0.3, 0.4) is 0 Å². The third kappa shape index (κ3) is 2.74. The fourth-order valence-electron chi connectivity index (χ4n) is 3.25. The Labute approximate surface area is 160 Å². The van der Waals surface area contributed by atoms with Gasteiger partial charge in [0, 0.05) is 5.56 Å². The number of hydrogen-bond donors (Lipinski definition) is 1. The van der Waals surface area contributed by atoms with Gasteiger partial charge in [-0.15, -0.1) is 0 Å². The second-order valence-corrected chi connectivity index (χ2v) is 6.43. The van der Waals surface area contributed by atoms with Crippen LogP contribution in [0.4, 0.5) is 0 Å². The minimum atomic E-state index is 0.466. The summed E-state index contributed by atoms with van der Waals surface area (Å²) < 4.78 is 5.56. The Morgan fingerprint density at radius 1 is 0.964 bits per heavy atom. The summed E-state index contributed by atoms with van der Waals surface area (Å²) >= 11 is 0. The fraction of sp³-hybridized carbons (Fsp3) is 0. The molecule has 0 atom stereocenters. The normalized spacial score (nSPS) is 11.8. The van der Waals surface area contributed by atoms with Crippen LogP contribution in [0.25, 0.3) is 44.9 Å². The van der Waals surface area contributed by atoms with E-state index in [-0.39, 0.29) is 0 Å². The molecule has 1 N–H and O–H groups in total. The topological polar surface area (TPSA) is 78.5 Å². The smallest absolute Gasteiger partial charge is 0.174 e. The van der Waals surface area contributed by atoms with Crippen molar-refractivity contribution in [1.29, 1.82) is 5.26 Å². The van der Waals surface area contributed by atoms with Gasteiger partial charge in [0.1, 0.15) is 17.4 Å². The highest BCUT2D eigenvalue weighted by Gasteiger charge is 2.12. The lowest BCUT2D eigenvalue weighted by atomic mass is 10.0. The Bertz CT molecular complexity index is 1340. The van der Waals surface area contributed by atoms with Gasteiger partial charge in [-0.3, -0.25) is 0 Å². The van der Waals surface area contributed by atoms with Crippen molar-refractivity contribution < 1.29 is 4.52 Å². The number of nitriles is 1. The number of fused-ring (bicyclic) bond motifs is 2. The van der Waals surface area contributed by atoms with E-state index in [4.69, 9.17) is 4.52 Å². The minimum Gasteiger partial charge on any atom is -0.355 e. The van der Waals surface area contributed by atoms with E-state index in [1.54, 1.807) is 0 Å². The molecule has 3 aromatic carbocycles. The monoisotopic (exact) mass is 362 g/mol. The lowest BCUT2D eigenvalue weighted by molar-refractivity contribution is 0.441. The van der Waals surface area contributed by atoms with Crippen molar-refractivity contribution in [2.75, 3.05) is 0 Å². The van der Waals surface area contributed by atoms with Crippen LogP contribution in [0.2, 0.25) is 0 Å². The molecule has 0 fully saturated rings. The second-order valence-electron chi connectivity index (χ2n) is 6.43. The Morgan fingerprint density at radius 2 is 1.79 bits per heavy atom. The molecule has 0 unspecified atom stereocenters. The molecule has 132 valence electrons. The molecule has 28 heavy (non-hydrogen) atoms. The number of benzene rings is 3. The maximum Gasteiger partial charge on any atom is 0.174 e. The fourth-order valence-corrected chi connectivity index (χ4v) is 3.25. The molecule has 5 rings (SSSR count). The molecule has 0 aliphatic rings. The van der Waals surface area contributed by atoms with Crippen LogP contribution in [0, 0.1) is 11.3 Å². The molecule has 0 aliphatic heterocycles. The van der Waals surface area contributed by atoms with E-state index >= 15 is 0 Å². The first-order valence-corrected chi connectivity index (χ1v) is 8.83. The van der Waals surface area contributed by atoms with Crippen LogP contribution < -0.4 is 0 Å². The van der Waals surface area contributed by atoms with Crippen molar-refractivity contribution in [1.82, 2.24) is 15.1 Å². The van der Waals surface area contributed by atoms with Gasteiger partial charge in [0.05, 0.1) is 22.0 Å². The van der Waals surface area contributed by atoms with Crippen molar-refractivity contribution in [3.05, 3.63) is 84.2 Å². The van der Waals surface area contributed by atoms with E-state index < -0.39 is 0 Å². The predicted octanol–water partition coefficient (Wildman–Crippen LogP) is 5.44. The number of para-hydroxylation sites is 2. The van der Waals surface area contributed by atoms with Gasteiger partial charge in [-0.05, 0) is 35.9 Å². The number of allylic oxidation sites excluding steroid dienone is 1. The summed E-state index contributed by atoms with van der Waals surface area (Å²) in [5, 5.41) is 14.7. The molecule has 0 radical (unpaired) electrons. The van der Waals surface area contributed by atoms with Crippen molar-refractivity contribution in [3.8, 4) is 17.4 Å². The maximum absolute atomic E-state index is 9.66. The average molecular weight is 362 g/mol. The summed E-state index contributed by atoms with van der Waals surface area (Å²) in [5.41, 5.74) is 4.82. The zero-order chi connectivity index (χ0) is 18.9. The molecule has 5 aromatic rings. The molecule has 0 bridgehead atoms. The number of nitrogens with zero attached hydrogens (tertiary/aromatic N) is 3. The van der Waals surface area contributed by atoms with Gasteiger partial charge in [0.2, 0.25) is 0 Å². The van der Waals surface area contributed by atoms with Gasteiger partial charge in [-0.1, -0.05) is 53.7 Å². The number of imidazole rings is 1. The third-order valence-electron chi connectivity index (χ3n) is 4.61. The molecule has 0 saturated carbocycles. The summed E-state index contributed by atoms with van der Waals surface area (Å²) in [7, 11) is 0. The van der Waals surface area contributed by atoms with Crippen LogP contribution in [0.15, 0.2) is 77.3 Å². The SMILES string of the molecule is N#CC(=Cc1ccc2noc(-c3ccccc3)c2c1)c1nc2ccccc2[nH]1. The first-order valence-electron chi connectivity index (χ1n) is 8.83.